The zero-order chi connectivity index (χ0) is 12.3. The van der Waals surface area contributed by atoms with Crippen molar-refractivity contribution in [3.05, 3.63) is 36.0 Å². The van der Waals surface area contributed by atoms with E-state index in [1.807, 2.05) is 35.0 Å². The van der Waals surface area contributed by atoms with E-state index in [1.165, 1.54) is 0 Å². The monoisotopic (exact) mass is 233 g/mol. The summed E-state index contributed by atoms with van der Waals surface area (Å²) < 4.78 is 2.04. The van der Waals surface area contributed by atoms with E-state index in [0.29, 0.717) is 13.0 Å². The molecule has 0 saturated heterocycles. The molecule has 90 valence electrons. The fraction of sp³-hybridized carbons (Fsp3) is 0.308. The van der Waals surface area contributed by atoms with Gasteiger partial charge in [-0.2, -0.15) is 0 Å². The average molecular weight is 233 g/mol. The van der Waals surface area contributed by atoms with E-state index in [1.54, 1.807) is 0 Å². The molecule has 0 saturated carbocycles. The lowest BCUT2D eigenvalue weighted by Gasteiger charge is -2.04. The molecule has 0 aliphatic carbocycles. The lowest BCUT2D eigenvalue weighted by atomic mass is 10.2. The fourth-order valence-electron chi connectivity index (χ4n) is 1.94. The highest BCUT2D eigenvalue weighted by atomic mass is 16.4. The number of aliphatic carboxylic acids is 1. The number of aryl methyl sites for hydroxylation is 1. The van der Waals surface area contributed by atoms with Gasteiger partial charge < -0.3 is 14.8 Å². The van der Waals surface area contributed by atoms with Crippen LogP contribution in [0.1, 0.15) is 18.4 Å². The topological polar surface area (TPSA) is 62.5 Å². The van der Waals surface area contributed by atoms with Crippen LogP contribution in [0.4, 0.5) is 0 Å². The van der Waals surface area contributed by atoms with Gasteiger partial charge in [-0.1, -0.05) is 6.07 Å². The molecule has 17 heavy (non-hydrogen) atoms. The molecule has 0 spiro atoms. The van der Waals surface area contributed by atoms with Crippen molar-refractivity contribution in [3.8, 4) is 0 Å². The highest BCUT2D eigenvalue weighted by Gasteiger charge is 2.03. The summed E-state index contributed by atoms with van der Waals surface area (Å²) in [6, 6.07) is 7.77. The van der Waals surface area contributed by atoms with Crippen molar-refractivity contribution >= 4 is 16.9 Å². The molecular formula is C13H15NO3. The highest BCUT2D eigenvalue weighted by Crippen LogP contribution is 2.18. The Bertz CT molecular complexity index is 530. The number of hydrogen-bond donors (Lipinski definition) is 2. The molecule has 1 aromatic carbocycles. The molecule has 0 bridgehead atoms. The Morgan fingerprint density at radius 2 is 2.12 bits per heavy atom. The number of fused-ring (bicyclic) bond motifs is 1. The summed E-state index contributed by atoms with van der Waals surface area (Å²) in [5.74, 6) is -0.760. The van der Waals surface area contributed by atoms with Crippen LogP contribution in [0.5, 0.6) is 0 Å². The molecule has 1 heterocycles. The second kappa shape index (κ2) is 5.01. The van der Waals surface area contributed by atoms with Gasteiger partial charge in [0.05, 0.1) is 6.61 Å². The van der Waals surface area contributed by atoms with Crippen LogP contribution in [-0.4, -0.2) is 20.7 Å². The van der Waals surface area contributed by atoms with Crippen LogP contribution in [0.2, 0.25) is 0 Å². The molecule has 0 radical (unpaired) electrons. The normalized spacial score (nSPS) is 10.9. The SMILES string of the molecule is O=C(O)CCCn1ccc2cc(CO)ccc21. The summed E-state index contributed by atoms with van der Waals surface area (Å²) >= 11 is 0. The third-order valence-electron chi connectivity index (χ3n) is 2.81. The van der Waals surface area contributed by atoms with Crippen molar-refractivity contribution in [3.63, 3.8) is 0 Å². The Labute approximate surface area is 99.1 Å². The van der Waals surface area contributed by atoms with Crippen molar-refractivity contribution in [2.24, 2.45) is 0 Å². The molecule has 0 amide bonds. The number of carboxylic acid groups (broad SMARTS) is 1. The van der Waals surface area contributed by atoms with Gasteiger partial charge >= 0.3 is 5.97 Å². The summed E-state index contributed by atoms with van der Waals surface area (Å²) in [4.78, 5) is 10.4. The molecule has 2 aromatic rings. The number of aromatic nitrogens is 1. The molecule has 0 fully saturated rings. The first-order valence-electron chi connectivity index (χ1n) is 5.61. The predicted molar refractivity (Wildman–Crippen MR) is 64.7 cm³/mol. The second-order valence-electron chi connectivity index (χ2n) is 4.06. The van der Waals surface area contributed by atoms with E-state index in [0.717, 1.165) is 16.5 Å². The standard InChI is InChI=1S/C13H15NO3/c15-9-10-3-4-12-11(8-10)5-7-14(12)6-1-2-13(16)17/h3-5,7-8,15H,1-2,6,9H2,(H,16,17). The van der Waals surface area contributed by atoms with Crippen molar-refractivity contribution in [2.75, 3.05) is 0 Å². The van der Waals surface area contributed by atoms with Crippen LogP contribution in [0, 0.1) is 0 Å². The van der Waals surface area contributed by atoms with Gasteiger partial charge in [-0.25, -0.2) is 0 Å². The van der Waals surface area contributed by atoms with Crippen LogP contribution in [0.3, 0.4) is 0 Å². The molecular weight excluding hydrogens is 218 g/mol. The van der Waals surface area contributed by atoms with Crippen molar-refractivity contribution in [2.45, 2.75) is 26.0 Å². The Kier molecular flexibility index (Phi) is 3.44. The number of aliphatic hydroxyl groups excluding tert-OH is 1. The van der Waals surface area contributed by atoms with Crippen molar-refractivity contribution in [1.29, 1.82) is 0 Å². The number of carbonyl (C=O) groups is 1. The van der Waals surface area contributed by atoms with Crippen LogP contribution in [-0.2, 0) is 17.9 Å². The third kappa shape index (κ3) is 2.65. The largest absolute Gasteiger partial charge is 0.481 e. The number of nitrogens with zero attached hydrogens (tertiary/aromatic N) is 1. The van der Waals surface area contributed by atoms with Crippen LogP contribution < -0.4 is 0 Å². The molecule has 0 aliphatic rings. The Hall–Kier alpha value is -1.81. The van der Waals surface area contributed by atoms with E-state index >= 15 is 0 Å². The zero-order valence-electron chi connectivity index (χ0n) is 9.47. The maximum Gasteiger partial charge on any atom is 0.303 e. The van der Waals surface area contributed by atoms with Gasteiger partial charge in [0.25, 0.3) is 0 Å². The first-order chi connectivity index (χ1) is 8.20. The van der Waals surface area contributed by atoms with E-state index in [2.05, 4.69) is 0 Å². The minimum atomic E-state index is -0.760. The first kappa shape index (κ1) is 11.7. The van der Waals surface area contributed by atoms with Crippen molar-refractivity contribution in [1.82, 2.24) is 4.57 Å². The smallest absolute Gasteiger partial charge is 0.303 e. The second-order valence-corrected chi connectivity index (χ2v) is 4.06. The quantitative estimate of drug-likeness (QED) is 0.830. The lowest BCUT2D eigenvalue weighted by Crippen LogP contribution is -2.00. The predicted octanol–water partition coefficient (Wildman–Crippen LogP) is 2.00. The Morgan fingerprint density at radius 1 is 1.29 bits per heavy atom. The molecule has 0 aliphatic heterocycles. The van der Waals surface area contributed by atoms with Gasteiger partial charge in [0, 0.05) is 24.7 Å². The number of benzene rings is 1. The summed E-state index contributed by atoms with van der Waals surface area (Å²) in [6.45, 7) is 0.744. The summed E-state index contributed by atoms with van der Waals surface area (Å²) in [7, 11) is 0. The number of rotatable bonds is 5. The summed E-state index contributed by atoms with van der Waals surface area (Å²) in [6.07, 6.45) is 2.77. The first-order valence-corrected chi connectivity index (χ1v) is 5.61. The molecule has 0 unspecified atom stereocenters. The molecule has 2 N–H and O–H groups in total. The van der Waals surface area contributed by atoms with Crippen LogP contribution in [0.15, 0.2) is 30.5 Å². The maximum absolute atomic E-state index is 10.4. The van der Waals surface area contributed by atoms with Gasteiger partial charge in [0.15, 0.2) is 0 Å². The van der Waals surface area contributed by atoms with Crippen LogP contribution >= 0.6 is 0 Å². The molecule has 1 aromatic heterocycles. The lowest BCUT2D eigenvalue weighted by molar-refractivity contribution is -0.137. The highest BCUT2D eigenvalue weighted by molar-refractivity contribution is 5.80. The van der Waals surface area contributed by atoms with Gasteiger partial charge in [0.2, 0.25) is 0 Å². The number of carboxylic acids is 1. The number of aliphatic hydroxyl groups is 1. The molecule has 4 nitrogen and oxygen atoms in total. The van der Waals surface area contributed by atoms with Gasteiger partial charge in [0.1, 0.15) is 0 Å². The van der Waals surface area contributed by atoms with E-state index in [9.17, 15) is 4.79 Å². The van der Waals surface area contributed by atoms with E-state index in [-0.39, 0.29) is 13.0 Å². The van der Waals surface area contributed by atoms with Crippen LogP contribution in [0.25, 0.3) is 10.9 Å². The minimum Gasteiger partial charge on any atom is -0.481 e. The minimum absolute atomic E-state index is 0.0418. The van der Waals surface area contributed by atoms with Crippen molar-refractivity contribution < 1.29 is 15.0 Å². The van der Waals surface area contributed by atoms with E-state index < -0.39 is 5.97 Å². The van der Waals surface area contributed by atoms with Gasteiger partial charge in [-0.15, -0.1) is 0 Å². The zero-order valence-corrected chi connectivity index (χ0v) is 9.47. The van der Waals surface area contributed by atoms with Gasteiger partial charge in [-0.05, 0) is 35.6 Å². The molecule has 4 heteroatoms. The summed E-state index contributed by atoms with van der Waals surface area (Å²) in [5, 5.41) is 18.7. The third-order valence-corrected chi connectivity index (χ3v) is 2.81. The molecule has 0 atom stereocenters. The number of hydrogen-bond acceptors (Lipinski definition) is 2. The average Bonchev–Trinajstić information content (AvgIpc) is 2.71. The Morgan fingerprint density at radius 3 is 2.82 bits per heavy atom. The van der Waals surface area contributed by atoms with E-state index in [4.69, 9.17) is 10.2 Å². The molecule has 2 rings (SSSR count). The Balaban J connectivity index is 2.16. The summed E-state index contributed by atoms with van der Waals surface area (Å²) in [5.41, 5.74) is 1.97. The van der Waals surface area contributed by atoms with Gasteiger partial charge in [-0.3, -0.25) is 4.79 Å². The maximum atomic E-state index is 10.4. The fourth-order valence-corrected chi connectivity index (χ4v) is 1.94.